The molecule has 2 rings (SSSR count). The number of ether oxygens (including phenoxy) is 1. The van der Waals surface area contributed by atoms with Gasteiger partial charge in [-0.05, 0) is 46.6 Å². The zero-order valence-corrected chi connectivity index (χ0v) is 13.3. The van der Waals surface area contributed by atoms with Crippen LogP contribution in [0.15, 0.2) is 45.9 Å². The molecule has 0 bridgehead atoms. The molecule has 1 N–H and O–H groups in total. The molecule has 2 aromatic rings. The number of hydrogen-bond acceptors (Lipinski definition) is 4. The third-order valence-corrected chi connectivity index (χ3v) is 4.67. The lowest BCUT2D eigenvalue weighted by atomic mass is 10.3. The predicted octanol–water partition coefficient (Wildman–Crippen LogP) is 2.96. The van der Waals surface area contributed by atoms with Gasteiger partial charge < -0.3 is 4.74 Å². The van der Waals surface area contributed by atoms with E-state index in [0.29, 0.717) is 16.0 Å². The average molecular weight is 357 g/mol. The Morgan fingerprint density at radius 1 is 1.30 bits per heavy atom. The van der Waals surface area contributed by atoms with Crippen LogP contribution in [0.1, 0.15) is 5.56 Å². The van der Waals surface area contributed by atoms with E-state index in [-0.39, 0.29) is 4.90 Å². The summed E-state index contributed by atoms with van der Waals surface area (Å²) in [5, 5.41) is 0. The van der Waals surface area contributed by atoms with Crippen LogP contribution in [0.3, 0.4) is 0 Å². The van der Waals surface area contributed by atoms with Crippen molar-refractivity contribution in [3.63, 3.8) is 0 Å². The standard InChI is InChI=1S/C13H13BrN2O3S/c1-9-4-3-7-15-13(9)16-20(17,18)10-5-6-11(14)12(8-10)19-2/h3-8H,1-2H3,(H,15,16). The van der Waals surface area contributed by atoms with Gasteiger partial charge in [-0.2, -0.15) is 0 Å². The van der Waals surface area contributed by atoms with Gasteiger partial charge in [0.1, 0.15) is 11.6 Å². The van der Waals surface area contributed by atoms with Crippen LogP contribution in [0, 0.1) is 6.92 Å². The third-order valence-electron chi connectivity index (χ3n) is 2.67. The Labute approximate surface area is 126 Å². The van der Waals surface area contributed by atoms with Crippen molar-refractivity contribution in [3.05, 3.63) is 46.6 Å². The number of rotatable bonds is 4. The first-order valence-electron chi connectivity index (χ1n) is 5.72. The van der Waals surface area contributed by atoms with Crippen LogP contribution in [0.2, 0.25) is 0 Å². The highest BCUT2D eigenvalue weighted by Gasteiger charge is 2.17. The molecule has 0 aliphatic carbocycles. The van der Waals surface area contributed by atoms with E-state index < -0.39 is 10.0 Å². The molecule has 1 aromatic heterocycles. The van der Waals surface area contributed by atoms with E-state index in [2.05, 4.69) is 25.6 Å². The summed E-state index contributed by atoms with van der Waals surface area (Å²) in [5.41, 5.74) is 0.750. The molecule has 0 unspecified atom stereocenters. The fourth-order valence-electron chi connectivity index (χ4n) is 1.59. The van der Waals surface area contributed by atoms with Crippen LogP contribution >= 0.6 is 15.9 Å². The van der Waals surface area contributed by atoms with Crippen LogP contribution in [0.4, 0.5) is 5.82 Å². The lowest BCUT2D eigenvalue weighted by molar-refractivity contribution is 0.411. The van der Waals surface area contributed by atoms with Crippen LogP contribution in [0.5, 0.6) is 5.75 Å². The maximum atomic E-state index is 12.3. The number of halogens is 1. The molecule has 0 aliphatic rings. The summed E-state index contributed by atoms with van der Waals surface area (Å²) in [6, 6.07) is 8.10. The van der Waals surface area contributed by atoms with Crippen molar-refractivity contribution in [2.24, 2.45) is 0 Å². The van der Waals surface area contributed by atoms with Crippen molar-refractivity contribution in [1.82, 2.24) is 4.98 Å². The molecule has 5 nitrogen and oxygen atoms in total. The Kier molecular flexibility index (Phi) is 4.29. The quantitative estimate of drug-likeness (QED) is 0.914. The minimum Gasteiger partial charge on any atom is -0.496 e. The van der Waals surface area contributed by atoms with Gasteiger partial charge in [0.25, 0.3) is 10.0 Å². The van der Waals surface area contributed by atoms with Gasteiger partial charge in [0.15, 0.2) is 0 Å². The Balaban J connectivity index is 2.38. The fourth-order valence-corrected chi connectivity index (χ4v) is 3.09. The molecule has 0 atom stereocenters. The average Bonchev–Trinajstić information content (AvgIpc) is 2.41. The number of pyridine rings is 1. The monoisotopic (exact) mass is 356 g/mol. The van der Waals surface area contributed by atoms with Crippen molar-refractivity contribution < 1.29 is 13.2 Å². The van der Waals surface area contributed by atoms with Gasteiger partial charge in [0.2, 0.25) is 0 Å². The molecule has 7 heteroatoms. The first-order valence-corrected chi connectivity index (χ1v) is 7.99. The molecular weight excluding hydrogens is 344 g/mol. The number of nitrogens with zero attached hydrogens (tertiary/aromatic N) is 1. The first-order chi connectivity index (χ1) is 9.44. The summed E-state index contributed by atoms with van der Waals surface area (Å²) in [7, 11) is -2.22. The summed E-state index contributed by atoms with van der Waals surface area (Å²) in [5.74, 6) is 0.764. The van der Waals surface area contributed by atoms with Gasteiger partial charge in [-0.15, -0.1) is 0 Å². The van der Waals surface area contributed by atoms with E-state index in [0.717, 1.165) is 5.56 Å². The molecule has 0 saturated heterocycles. The van der Waals surface area contributed by atoms with Gasteiger partial charge in [0.05, 0.1) is 16.5 Å². The molecule has 0 fully saturated rings. The second kappa shape index (κ2) is 5.80. The molecule has 1 heterocycles. The van der Waals surface area contributed by atoms with Crippen molar-refractivity contribution >= 4 is 31.8 Å². The van der Waals surface area contributed by atoms with Crippen molar-refractivity contribution in [1.29, 1.82) is 0 Å². The number of benzene rings is 1. The topological polar surface area (TPSA) is 68.3 Å². The Bertz CT molecular complexity index is 732. The Morgan fingerprint density at radius 3 is 2.70 bits per heavy atom. The maximum absolute atomic E-state index is 12.3. The first kappa shape index (κ1) is 14.8. The summed E-state index contributed by atoms with van der Waals surface area (Å²) < 4.78 is 32.9. The zero-order valence-electron chi connectivity index (χ0n) is 10.9. The highest BCUT2D eigenvalue weighted by Crippen LogP contribution is 2.28. The summed E-state index contributed by atoms with van der Waals surface area (Å²) in [4.78, 5) is 4.13. The van der Waals surface area contributed by atoms with Gasteiger partial charge in [-0.3, -0.25) is 4.72 Å². The Hall–Kier alpha value is -1.60. The number of nitrogens with one attached hydrogen (secondary N) is 1. The molecule has 0 saturated carbocycles. The minimum atomic E-state index is -3.70. The van der Waals surface area contributed by atoms with Crippen molar-refractivity contribution in [2.45, 2.75) is 11.8 Å². The van der Waals surface area contributed by atoms with Crippen LogP contribution in [0.25, 0.3) is 0 Å². The molecular formula is C13H13BrN2O3S. The van der Waals surface area contributed by atoms with E-state index in [1.807, 2.05) is 0 Å². The van der Waals surface area contributed by atoms with E-state index >= 15 is 0 Å². The molecule has 0 aliphatic heterocycles. The Morgan fingerprint density at radius 2 is 2.05 bits per heavy atom. The highest BCUT2D eigenvalue weighted by molar-refractivity contribution is 9.10. The smallest absolute Gasteiger partial charge is 0.263 e. The predicted molar refractivity (Wildman–Crippen MR) is 80.5 cm³/mol. The molecule has 0 amide bonds. The number of aryl methyl sites for hydroxylation is 1. The van der Waals surface area contributed by atoms with Crippen LogP contribution in [-0.2, 0) is 10.0 Å². The number of anilines is 1. The van der Waals surface area contributed by atoms with Crippen LogP contribution in [-0.4, -0.2) is 20.5 Å². The SMILES string of the molecule is COc1cc(S(=O)(=O)Nc2ncccc2C)ccc1Br. The molecule has 20 heavy (non-hydrogen) atoms. The van der Waals surface area contributed by atoms with E-state index in [4.69, 9.17) is 4.74 Å². The van der Waals surface area contributed by atoms with E-state index in [1.54, 1.807) is 25.1 Å². The fraction of sp³-hybridized carbons (Fsp3) is 0.154. The largest absolute Gasteiger partial charge is 0.496 e. The van der Waals surface area contributed by atoms with Gasteiger partial charge >= 0.3 is 0 Å². The van der Waals surface area contributed by atoms with Gasteiger partial charge in [0, 0.05) is 12.3 Å². The van der Waals surface area contributed by atoms with Crippen molar-refractivity contribution in [3.8, 4) is 5.75 Å². The normalized spacial score (nSPS) is 11.2. The number of aromatic nitrogens is 1. The molecule has 0 spiro atoms. The number of methoxy groups -OCH3 is 1. The number of hydrogen-bond donors (Lipinski definition) is 1. The lowest BCUT2D eigenvalue weighted by Gasteiger charge is -2.11. The summed E-state index contributed by atoms with van der Waals surface area (Å²) >= 11 is 3.28. The molecule has 106 valence electrons. The second-order valence-corrected chi connectivity index (χ2v) is 6.61. The summed E-state index contributed by atoms with van der Waals surface area (Å²) in [6.07, 6.45) is 1.53. The van der Waals surface area contributed by atoms with E-state index in [1.165, 1.54) is 25.4 Å². The van der Waals surface area contributed by atoms with E-state index in [9.17, 15) is 8.42 Å². The summed E-state index contributed by atoms with van der Waals surface area (Å²) in [6.45, 7) is 1.78. The number of sulfonamides is 1. The lowest BCUT2D eigenvalue weighted by Crippen LogP contribution is -2.14. The second-order valence-electron chi connectivity index (χ2n) is 4.07. The zero-order chi connectivity index (χ0) is 14.8. The van der Waals surface area contributed by atoms with Crippen molar-refractivity contribution in [2.75, 3.05) is 11.8 Å². The van der Waals surface area contributed by atoms with Gasteiger partial charge in [-0.25, -0.2) is 13.4 Å². The van der Waals surface area contributed by atoms with Gasteiger partial charge in [-0.1, -0.05) is 6.07 Å². The minimum absolute atomic E-state index is 0.114. The maximum Gasteiger partial charge on any atom is 0.263 e. The highest BCUT2D eigenvalue weighted by atomic mass is 79.9. The molecule has 1 aromatic carbocycles. The third kappa shape index (κ3) is 3.10. The molecule has 0 radical (unpaired) electrons. The van der Waals surface area contributed by atoms with Crippen LogP contribution < -0.4 is 9.46 Å².